The number of carbonyl (C=O) groups is 1. The molecule has 2 N–H and O–H groups in total. The van der Waals surface area contributed by atoms with Crippen molar-refractivity contribution >= 4 is 5.91 Å². The highest BCUT2D eigenvalue weighted by Crippen LogP contribution is 2.64. The van der Waals surface area contributed by atoms with Crippen LogP contribution < -0.4 is 5.32 Å². The first kappa shape index (κ1) is 14.7. The fourth-order valence-corrected chi connectivity index (χ4v) is 6.71. The fourth-order valence-electron chi connectivity index (χ4n) is 6.71. The van der Waals surface area contributed by atoms with Gasteiger partial charge < -0.3 is 10.4 Å². The minimum atomic E-state index is -0.104. The largest absolute Gasteiger partial charge is 0.393 e. The van der Waals surface area contributed by atoms with Gasteiger partial charge in [0.2, 0.25) is 5.91 Å². The van der Waals surface area contributed by atoms with Crippen molar-refractivity contribution in [3.63, 3.8) is 0 Å². The van der Waals surface area contributed by atoms with Crippen molar-refractivity contribution in [1.29, 1.82) is 0 Å². The summed E-state index contributed by atoms with van der Waals surface area (Å²) in [7, 11) is 0. The molecule has 1 aliphatic heterocycles. The molecule has 0 saturated heterocycles. The van der Waals surface area contributed by atoms with Gasteiger partial charge in [-0.2, -0.15) is 0 Å². The lowest BCUT2D eigenvalue weighted by Gasteiger charge is -2.60. The maximum absolute atomic E-state index is 11.8. The SMILES string of the molecule is CC1CC2NC(=O)C=C[C@]2(C)[C@@H]2CC[C@]3(C)CC(O)C[C@H]3[C@H]12. The van der Waals surface area contributed by atoms with Gasteiger partial charge in [-0.1, -0.05) is 26.8 Å². The molecule has 3 fully saturated rings. The van der Waals surface area contributed by atoms with Crippen molar-refractivity contribution in [3.05, 3.63) is 12.2 Å². The highest BCUT2D eigenvalue weighted by Gasteiger charge is 2.60. The smallest absolute Gasteiger partial charge is 0.243 e. The van der Waals surface area contributed by atoms with E-state index in [0.717, 1.165) is 19.3 Å². The van der Waals surface area contributed by atoms with E-state index in [0.29, 0.717) is 29.1 Å². The Labute approximate surface area is 133 Å². The van der Waals surface area contributed by atoms with Gasteiger partial charge in [-0.25, -0.2) is 0 Å². The molecule has 0 aromatic rings. The van der Waals surface area contributed by atoms with Crippen LogP contribution in [0.15, 0.2) is 12.2 Å². The summed E-state index contributed by atoms with van der Waals surface area (Å²) in [4.78, 5) is 11.8. The van der Waals surface area contributed by atoms with Gasteiger partial charge in [-0.05, 0) is 67.3 Å². The van der Waals surface area contributed by atoms with E-state index >= 15 is 0 Å². The zero-order valence-corrected chi connectivity index (χ0v) is 14.0. The van der Waals surface area contributed by atoms with Gasteiger partial charge in [-0.3, -0.25) is 4.79 Å². The summed E-state index contributed by atoms with van der Waals surface area (Å²) in [5.74, 6) is 2.69. The standard InChI is InChI=1S/C19H29NO2/c1-11-8-15-19(3,7-5-16(22)20-15)13-4-6-18(2)10-12(21)9-14(18)17(11)13/h5,7,11-15,17,21H,4,6,8-10H2,1-3H3,(H,20,22)/t11?,12?,13-,14+,15?,17-,18-,19-/m1/s1. The second-order valence-corrected chi connectivity index (χ2v) is 9.05. The highest BCUT2D eigenvalue weighted by molar-refractivity contribution is 5.89. The number of carbonyl (C=O) groups excluding carboxylic acids is 1. The molecule has 0 aromatic carbocycles. The van der Waals surface area contributed by atoms with Crippen LogP contribution in [0.5, 0.6) is 0 Å². The molecule has 3 unspecified atom stereocenters. The first-order valence-electron chi connectivity index (χ1n) is 9.01. The van der Waals surface area contributed by atoms with Crippen LogP contribution in [0, 0.1) is 34.5 Å². The van der Waals surface area contributed by atoms with Crippen LogP contribution in [0.25, 0.3) is 0 Å². The zero-order chi connectivity index (χ0) is 15.7. The number of nitrogens with one attached hydrogen (secondary N) is 1. The van der Waals surface area contributed by atoms with Crippen LogP contribution in [-0.2, 0) is 4.79 Å². The Morgan fingerprint density at radius 1 is 1.27 bits per heavy atom. The van der Waals surface area contributed by atoms with Gasteiger partial charge in [0.1, 0.15) is 0 Å². The summed E-state index contributed by atoms with van der Waals surface area (Å²) >= 11 is 0. The third-order valence-corrected chi connectivity index (χ3v) is 7.80. The molecule has 0 spiro atoms. The molecule has 0 radical (unpaired) electrons. The van der Waals surface area contributed by atoms with Crippen LogP contribution in [0.2, 0.25) is 0 Å². The second kappa shape index (κ2) is 4.59. The van der Waals surface area contributed by atoms with Crippen molar-refractivity contribution < 1.29 is 9.90 Å². The molecule has 1 heterocycles. The summed E-state index contributed by atoms with van der Waals surface area (Å²) in [5, 5.41) is 13.5. The fraction of sp³-hybridized carbons (Fsp3) is 0.842. The average molecular weight is 303 g/mol. The third-order valence-electron chi connectivity index (χ3n) is 7.80. The summed E-state index contributed by atoms with van der Waals surface area (Å²) in [5.41, 5.74) is 0.430. The number of aliphatic hydroxyl groups excluding tert-OH is 1. The van der Waals surface area contributed by atoms with Crippen molar-refractivity contribution in [2.24, 2.45) is 34.5 Å². The molecular formula is C19H29NO2. The van der Waals surface area contributed by atoms with Gasteiger partial charge in [0, 0.05) is 11.5 Å². The third kappa shape index (κ3) is 1.87. The average Bonchev–Trinajstić information content (AvgIpc) is 2.75. The topological polar surface area (TPSA) is 49.3 Å². The lowest BCUT2D eigenvalue weighted by molar-refractivity contribution is -0.124. The lowest BCUT2D eigenvalue weighted by Crippen LogP contribution is -2.61. The molecule has 0 bridgehead atoms. The van der Waals surface area contributed by atoms with Gasteiger partial charge in [0.25, 0.3) is 0 Å². The Morgan fingerprint density at radius 3 is 2.82 bits per heavy atom. The maximum atomic E-state index is 11.8. The Morgan fingerprint density at radius 2 is 2.05 bits per heavy atom. The van der Waals surface area contributed by atoms with E-state index in [2.05, 4.69) is 32.2 Å². The molecular weight excluding hydrogens is 274 g/mol. The first-order valence-corrected chi connectivity index (χ1v) is 9.01. The van der Waals surface area contributed by atoms with Crippen molar-refractivity contribution in [2.45, 2.75) is 65.0 Å². The van der Waals surface area contributed by atoms with Crippen LogP contribution >= 0.6 is 0 Å². The molecule has 4 rings (SSSR count). The Balaban J connectivity index is 1.72. The summed E-state index contributed by atoms with van der Waals surface area (Å²) in [6, 6.07) is 0.289. The normalized spacial score (nSPS) is 56.8. The Hall–Kier alpha value is -0.830. The lowest BCUT2D eigenvalue weighted by atomic mass is 9.46. The maximum Gasteiger partial charge on any atom is 0.243 e. The van der Waals surface area contributed by atoms with Crippen LogP contribution in [-0.4, -0.2) is 23.2 Å². The van der Waals surface area contributed by atoms with Crippen molar-refractivity contribution in [2.75, 3.05) is 0 Å². The molecule has 3 nitrogen and oxygen atoms in total. The summed E-state index contributed by atoms with van der Waals surface area (Å²) < 4.78 is 0. The van der Waals surface area contributed by atoms with E-state index in [1.165, 1.54) is 12.8 Å². The Bertz CT molecular complexity index is 530. The minimum Gasteiger partial charge on any atom is -0.393 e. The number of fused-ring (bicyclic) bond motifs is 5. The summed E-state index contributed by atoms with van der Waals surface area (Å²) in [6.45, 7) is 7.13. The predicted octanol–water partition coefficient (Wildman–Crippen LogP) is 2.89. The van der Waals surface area contributed by atoms with Gasteiger partial charge >= 0.3 is 0 Å². The van der Waals surface area contributed by atoms with Crippen LogP contribution in [0.4, 0.5) is 0 Å². The number of aliphatic hydroxyl groups is 1. The van der Waals surface area contributed by atoms with E-state index in [-0.39, 0.29) is 23.5 Å². The first-order chi connectivity index (χ1) is 10.3. The number of amides is 1. The zero-order valence-electron chi connectivity index (χ0n) is 14.0. The van der Waals surface area contributed by atoms with Gasteiger partial charge in [0.05, 0.1) is 6.10 Å². The van der Waals surface area contributed by atoms with Gasteiger partial charge in [-0.15, -0.1) is 0 Å². The van der Waals surface area contributed by atoms with Gasteiger partial charge in [0.15, 0.2) is 0 Å². The van der Waals surface area contributed by atoms with E-state index in [1.54, 1.807) is 6.08 Å². The second-order valence-electron chi connectivity index (χ2n) is 9.05. The molecule has 1 amide bonds. The number of hydrogen-bond donors (Lipinski definition) is 2. The predicted molar refractivity (Wildman–Crippen MR) is 86.0 cm³/mol. The quantitative estimate of drug-likeness (QED) is 0.723. The summed E-state index contributed by atoms with van der Waals surface area (Å²) in [6.07, 6.45) is 9.37. The van der Waals surface area contributed by atoms with Crippen molar-refractivity contribution in [3.8, 4) is 0 Å². The number of hydrogen-bond acceptors (Lipinski definition) is 2. The van der Waals surface area contributed by atoms with E-state index in [9.17, 15) is 9.90 Å². The molecule has 3 aliphatic carbocycles. The number of rotatable bonds is 0. The van der Waals surface area contributed by atoms with E-state index in [1.807, 2.05) is 0 Å². The Kier molecular flexibility index (Phi) is 3.08. The molecule has 8 atom stereocenters. The van der Waals surface area contributed by atoms with Crippen LogP contribution in [0.3, 0.4) is 0 Å². The molecule has 3 heteroatoms. The molecule has 0 aromatic heterocycles. The van der Waals surface area contributed by atoms with E-state index < -0.39 is 0 Å². The van der Waals surface area contributed by atoms with Crippen LogP contribution in [0.1, 0.15) is 52.9 Å². The van der Waals surface area contributed by atoms with Crippen molar-refractivity contribution in [1.82, 2.24) is 5.32 Å². The minimum absolute atomic E-state index is 0.0741. The van der Waals surface area contributed by atoms with E-state index in [4.69, 9.17) is 0 Å². The monoisotopic (exact) mass is 303 g/mol. The molecule has 22 heavy (non-hydrogen) atoms. The molecule has 122 valence electrons. The highest BCUT2D eigenvalue weighted by atomic mass is 16.3. The molecule has 3 saturated carbocycles. The molecule has 4 aliphatic rings.